The first kappa shape index (κ1) is 28.6. The van der Waals surface area contributed by atoms with Crippen molar-refractivity contribution in [2.45, 2.75) is 90.6 Å². The summed E-state index contributed by atoms with van der Waals surface area (Å²) in [4.78, 5) is 0. The Balaban J connectivity index is 1.06. The van der Waals surface area contributed by atoms with Crippen LogP contribution in [-0.2, 0) is 19.4 Å². The highest BCUT2D eigenvalue weighted by Gasteiger charge is 2.35. The first-order valence-electron chi connectivity index (χ1n) is 15.4. The van der Waals surface area contributed by atoms with Crippen LogP contribution in [0.2, 0.25) is 0 Å². The second-order valence-electron chi connectivity index (χ2n) is 12.0. The predicted octanol–water partition coefficient (Wildman–Crippen LogP) is 9.83. The fraction of sp³-hybridized carbons (Fsp3) is 0.500. The summed E-state index contributed by atoms with van der Waals surface area (Å²) in [7, 11) is 0. The molecule has 2 nitrogen and oxygen atoms in total. The van der Waals surface area contributed by atoms with Gasteiger partial charge in [-0.1, -0.05) is 68.3 Å². The molecule has 214 valence electrons. The molecular formula is C36H44F2O2. The number of hydrogen-bond acceptors (Lipinski definition) is 2. The molecule has 0 aliphatic heterocycles. The Morgan fingerprint density at radius 2 is 1.25 bits per heavy atom. The first-order valence-corrected chi connectivity index (χ1v) is 15.4. The molecule has 2 aliphatic rings. The maximum atomic E-state index is 14.3. The molecule has 0 N–H and O–H groups in total. The van der Waals surface area contributed by atoms with E-state index >= 15 is 0 Å². The van der Waals surface area contributed by atoms with Gasteiger partial charge < -0.3 is 9.47 Å². The van der Waals surface area contributed by atoms with Crippen LogP contribution >= 0.6 is 0 Å². The summed E-state index contributed by atoms with van der Waals surface area (Å²) >= 11 is 0. The summed E-state index contributed by atoms with van der Waals surface area (Å²) in [6.07, 6.45) is 13.0. The minimum Gasteiger partial charge on any atom is -0.491 e. The highest BCUT2D eigenvalue weighted by atomic mass is 19.2. The molecule has 0 heterocycles. The Hall–Kier alpha value is -2.88. The molecule has 2 saturated carbocycles. The lowest BCUT2D eigenvalue weighted by atomic mass is 9.63. The Morgan fingerprint density at radius 3 is 1.95 bits per heavy atom. The van der Waals surface area contributed by atoms with Crippen molar-refractivity contribution in [1.29, 1.82) is 0 Å². The van der Waals surface area contributed by atoms with Gasteiger partial charge >= 0.3 is 0 Å². The average Bonchev–Trinajstić information content (AvgIpc) is 2.99. The molecule has 0 bridgehead atoms. The number of halogens is 2. The van der Waals surface area contributed by atoms with Gasteiger partial charge in [-0.25, -0.2) is 0 Å². The van der Waals surface area contributed by atoms with Crippen LogP contribution in [0.25, 0.3) is 0 Å². The summed E-state index contributed by atoms with van der Waals surface area (Å²) in [5.41, 5.74) is 5.31. The maximum Gasteiger partial charge on any atom is 0.204 e. The third-order valence-corrected chi connectivity index (χ3v) is 9.28. The molecule has 0 aromatic heterocycles. The predicted molar refractivity (Wildman–Crippen MR) is 158 cm³/mol. The van der Waals surface area contributed by atoms with Crippen molar-refractivity contribution in [2.75, 3.05) is 6.61 Å². The normalized spacial score (nSPS) is 22.5. The quantitative estimate of drug-likeness (QED) is 0.238. The second kappa shape index (κ2) is 13.7. The largest absolute Gasteiger partial charge is 0.491 e. The molecule has 0 spiro atoms. The molecule has 5 rings (SSSR count). The minimum absolute atomic E-state index is 0.0918. The van der Waals surface area contributed by atoms with Crippen molar-refractivity contribution < 1.29 is 18.3 Å². The lowest BCUT2D eigenvalue weighted by Crippen LogP contribution is -2.30. The van der Waals surface area contributed by atoms with Crippen LogP contribution in [0.1, 0.15) is 93.4 Å². The minimum atomic E-state index is -1.01. The highest BCUT2D eigenvalue weighted by molar-refractivity contribution is 5.35. The van der Waals surface area contributed by atoms with E-state index in [0.29, 0.717) is 0 Å². The van der Waals surface area contributed by atoms with Crippen LogP contribution in [0, 0.1) is 29.4 Å². The van der Waals surface area contributed by atoms with E-state index in [4.69, 9.17) is 9.47 Å². The van der Waals surface area contributed by atoms with Crippen molar-refractivity contribution in [3.63, 3.8) is 0 Å². The van der Waals surface area contributed by atoms with Gasteiger partial charge in [0.2, 0.25) is 11.6 Å². The summed E-state index contributed by atoms with van der Waals surface area (Å²) in [5.74, 6) is 1.18. The average molecular weight is 547 g/mol. The Kier molecular flexibility index (Phi) is 9.78. The SMILES string of the molecule is CCCc1ccc(C2CCC3CC(CCc4ccc(COc5ccc(OCC)c(F)c5F)cc4)CCC3C2)cc1. The molecule has 40 heavy (non-hydrogen) atoms. The van der Waals surface area contributed by atoms with Gasteiger partial charge in [-0.05, 0) is 116 Å². The van der Waals surface area contributed by atoms with Gasteiger partial charge in [0.1, 0.15) is 6.61 Å². The lowest BCUT2D eigenvalue weighted by molar-refractivity contribution is 0.114. The molecule has 0 radical (unpaired) electrons. The van der Waals surface area contributed by atoms with Gasteiger partial charge in [0.15, 0.2) is 11.5 Å². The van der Waals surface area contributed by atoms with Gasteiger partial charge in [-0.2, -0.15) is 8.78 Å². The zero-order valence-corrected chi connectivity index (χ0v) is 24.1. The third-order valence-electron chi connectivity index (χ3n) is 9.28. The Bertz CT molecular complexity index is 1220. The molecular weight excluding hydrogens is 502 g/mol. The Morgan fingerprint density at radius 1 is 0.650 bits per heavy atom. The number of rotatable bonds is 11. The van der Waals surface area contributed by atoms with E-state index in [9.17, 15) is 8.78 Å². The Labute approximate surface area is 239 Å². The number of aryl methyl sites for hydroxylation is 2. The standard InChI is InChI=1S/C36H44F2O2/c1-3-5-25-12-15-29(16-13-25)31-19-18-30-22-27(14-17-32(30)23-31)9-6-26-7-10-28(11-8-26)24-40-34-21-20-33(39-4-2)35(37)36(34)38/h7-8,10-13,15-16,20-21,27,30-32H,3-6,9,14,17-19,22-24H2,1-2H3. The van der Waals surface area contributed by atoms with E-state index in [1.165, 1.54) is 81.0 Å². The number of hydrogen-bond donors (Lipinski definition) is 0. The van der Waals surface area contributed by atoms with Crippen molar-refractivity contribution in [2.24, 2.45) is 17.8 Å². The summed E-state index contributed by atoms with van der Waals surface area (Å²) in [6.45, 7) is 4.45. The summed E-state index contributed by atoms with van der Waals surface area (Å²) in [6, 6.07) is 20.7. The molecule has 3 aromatic carbocycles. The van der Waals surface area contributed by atoms with E-state index in [1.54, 1.807) is 12.5 Å². The number of fused-ring (bicyclic) bond motifs is 1. The maximum absolute atomic E-state index is 14.3. The van der Waals surface area contributed by atoms with E-state index < -0.39 is 11.6 Å². The molecule has 0 saturated heterocycles. The van der Waals surface area contributed by atoms with Crippen molar-refractivity contribution in [1.82, 2.24) is 0 Å². The van der Waals surface area contributed by atoms with E-state index in [-0.39, 0.29) is 24.7 Å². The summed E-state index contributed by atoms with van der Waals surface area (Å²) < 4.78 is 39.0. The van der Waals surface area contributed by atoms with E-state index in [0.717, 1.165) is 35.7 Å². The topological polar surface area (TPSA) is 18.5 Å². The van der Waals surface area contributed by atoms with Crippen molar-refractivity contribution in [3.05, 3.63) is 94.6 Å². The lowest BCUT2D eigenvalue weighted by Gasteiger charge is -2.42. The van der Waals surface area contributed by atoms with Gasteiger partial charge in [-0.15, -0.1) is 0 Å². The zero-order chi connectivity index (χ0) is 27.9. The van der Waals surface area contributed by atoms with Crippen LogP contribution in [-0.4, -0.2) is 6.61 Å². The molecule has 3 aromatic rings. The first-order chi connectivity index (χ1) is 19.5. The van der Waals surface area contributed by atoms with Crippen LogP contribution in [0.3, 0.4) is 0 Å². The van der Waals surface area contributed by atoms with E-state index in [1.807, 2.05) is 12.1 Å². The molecule has 0 amide bonds. The smallest absolute Gasteiger partial charge is 0.204 e. The summed E-state index contributed by atoms with van der Waals surface area (Å²) in [5, 5.41) is 0. The van der Waals surface area contributed by atoms with Crippen LogP contribution in [0.15, 0.2) is 60.7 Å². The molecule has 4 heteroatoms. The van der Waals surface area contributed by atoms with Gasteiger partial charge in [0.25, 0.3) is 0 Å². The van der Waals surface area contributed by atoms with Crippen molar-refractivity contribution >= 4 is 0 Å². The van der Waals surface area contributed by atoms with Crippen LogP contribution < -0.4 is 9.47 Å². The van der Waals surface area contributed by atoms with Gasteiger partial charge in [-0.3, -0.25) is 0 Å². The zero-order valence-electron chi connectivity index (χ0n) is 24.1. The number of ether oxygens (including phenoxy) is 2. The van der Waals surface area contributed by atoms with Crippen LogP contribution in [0.4, 0.5) is 8.78 Å². The molecule has 2 aliphatic carbocycles. The highest BCUT2D eigenvalue weighted by Crippen LogP contribution is 2.48. The van der Waals surface area contributed by atoms with Gasteiger partial charge in [0, 0.05) is 0 Å². The van der Waals surface area contributed by atoms with E-state index in [2.05, 4.69) is 43.3 Å². The second-order valence-corrected chi connectivity index (χ2v) is 12.0. The van der Waals surface area contributed by atoms with Crippen LogP contribution in [0.5, 0.6) is 11.5 Å². The molecule has 2 fully saturated rings. The monoisotopic (exact) mass is 546 g/mol. The fourth-order valence-corrected chi connectivity index (χ4v) is 7.02. The third kappa shape index (κ3) is 7.06. The van der Waals surface area contributed by atoms with Crippen molar-refractivity contribution in [3.8, 4) is 11.5 Å². The van der Waals surface area contributed by atoms with Gasteiger partial charge in [0.05, 0.1) is 6.61 Å². The number of benzene rings is 3. The fourth-order valence-electron chi connectivity index (χ4n) is 7.02. The molecule has 4 atom stereocenters. The molecule has 4 unspecified atom stereocenters.